The quantitative estimate of drug-likeness (QED) is 0.606. The van der Waals surface area contributed by atoms with Gasteiger partial charge in [-0.05, 0) is 36.1 Å². The molecule has 1 N–H and O–H groups in total. The SMILES string of the molecule is O=C(NC[C@@H]1CCN(Cc2ccccc2)C1)c1cn(Cc2ccccc2C(F)(F)F)nn1. The number of alkyl halides is 3. The van der Waals surface area contributed by atoms with Crippen LogP contribution in [0.1, 0.15) is 33.6 Å². The van der Waals surface area contributed by atoms with Crippen LogP contribution in [0.2, 0.25) is 0 Å². The van der Waals surface area contributed by atoms with Crippen LogP contribution < -0.4 is 5.32 Å². The van der Waals surface area contributed by atoms with Crippen molar-refractivity contribution in [3.05, 3.63) is 83.2 Å². The largest absolute Gasteiger partial charge is 0.416 e. The molecule has 1 fully saturated rings. The maximum atomic E-state index is 13.2. The van der Waals surface area contributed by atoms with E-state index in [9.17, 15) is 18.0 Å². The van der Waals surface area contributed by atoms with Gasteiger partial charge in [-0.2, -0.15) is 13.2 Å². The highest BCUT2D eigenvalue weighted by molar-refractivity contribution is 5.91. The van der Waals surface area contributed by atoms with E-state index in [4.69, 9.17) is 0 Å². The molecular weight excluding hydrogens is 419 g/mol. The van der Waals surface area contributed by atoms with Gasteiger partial charge in [0.15, 0.2) is 5.69 Å². The van der Waals surface area contributed by atoms with Crippen LogP contribution in [0, 0.1) is 5.92 Å². The van der Waals surface area contributed by atoms with E-state index in [-0.39, 0.29) is 23.7 Å². The van der Waals surface area contributed by atoms with Gasteiger partial charge in [-0.3, -0.25) is 9.69 Å². The average Bonchev–Trinajstić information content (AvgIpc) is 3.42. The van der Waals surface area contributed by atoms with Gasteiger partial charge < -0.3 is 5.32 Å². The fourth-order valence-corrected chi connectivity index (χ4v) is 3.98. The molecule has 1 aromatic heterocycles. The molecule has 0 aliphatic carbocycles. The normalized spacial score (nSPS) is 16.9. The van der Waals surface area contributed by atoms with Crippen molar-refractivity contribution in [1.82, 2.24) is 25.2 Å². The monoisotopic (exact) mass is 443 g/mol. The lowest BCUT2D eigenvalue weighted by Gasteiger charge is -2.16. The predicted octanol–water partition coefficient (Wildman–Crippen LogP) is 3.60. The van der Waals surface area contributed by atoms with Crippen molar-refractivity contribution in [2.75, 3.05) is 19.6 Å². The van der Waals surface area contributed by atoms with Crippen LogP contribution in [0.3, 0.4) is 0 Å². The summed E-state index contributed by atoms with van der Waals surface area (Å²) in [4.78, 5) is 14.8. The summed E-state index contributed by atoms with van der Waals surface area (Å²) >= 11 is 0. The molecule has 1 aliphatic heterocycles. The highest BCUT2D eigenvalue weighted by atomic mass is 19.4. The number of halogens is 3. The molecule has 0 unspecified atom stereocenters. The summed E-state index contributed by atoms with van der Waals surface area (Å²) in [6, 6.07) is 15.6. The van der Waals surface area contributed by atoms with Gasteiger partial charge in [0.25, 0.3) is 5.91 Å². The van der Waals surface area contributed by atoms with E-state index in [0.717, 1.165) is 32.1 Å². The van der Waals surface area contributed by atoms with Gasteiger partial charge in [-0.25, -0.2) is 4.68 Å². The van der Waals surface area contributed by atoms with Crippen LogP contribution in [0.4, 0.5) is 13.2 Å². The Hall–Kier alpha value is -3.20. The zero-order valence-electron chi connectivity index (χ0n) is 17.4. The molecule has 168 valence electrons. The number of aromatic nitrogens is 3. The summed E-state index contributed by atoms with van der Waals surface area (Å²) in [5.74, 6) is -0.0294. The first-order valence-corrected chi connectivity index (χ1v) is 10.5. The Bertz CT molecular complexity index is 1050. The van der Waals surface area contributed by atoms with E-state index in [1.165, 1.54) is 34.6 Å². The maximum Gasteiger partial charge on any atom is 0.416 e. The number of nitrogens with zero attached hydrogens (tertiary/aromatic N) is 4. The summed E-state index contributed by atoms with van der Waals surface area (Å²) in [5, 5.41) is 10.5. The van der Waals surface area contributed by atoms with E-state index in [2.05, 4.69) is 32.7 Å². The molecule has 32 heavy (non-hydrogen) atoms. The third kappa shape index (κ3) is 5.53. The third-order valence-corrected chi connectivity index (χ3v) is 5.60. The van der Waals surface area contributed by atoms with Gasteiger partial charge in [0.05, 0.1) is 18.3 Å². The summed E-state index contributed by atoms with van der Waals surface area (Å²) in [7, 11) is 0. The number of rotatable bonds is 7. The van der Waals surface area contributed by atoms with Crippen molar-refractivity contribution in [1.29, 1.82) is 0 Å². The molecule has 0 radical (unpaired) electrons. The third-order valence-electron chi connectivity index (χ3n) is 5.60. The lowest BCUT2D eigenvalue weighted by atomic mass is 10.1. The Morgan fingerprint density at radius 2 is 1.81 bits per heavy atom. The predicted molar refractivity (Wildman–Crippen MR) is 113 cm³/mol. The Morgan fingerprint density at radius 1 is 1.06 bits per heavy atom. The molecule has 1 atom stereocenters. The van der Waals surface area contributed by atoms with Crippen molar-refractivity contribution in [3.8, 4) is 0 Å². The second-order valence-corrected chi connectivity index (χ2v) is 8.04. The van der Waals surface area contributed by atoms with Gasteiger partial charge in [0.1, 0.15) is 0 Å². The second kappa shape index (κ2) is 9.52. The lowest BCUT2D eigenvalue weighted by Crippen LogP contribution is -2.31. The van der Waals surface area contributed by atoms with Gasteiger partial charge in [0, 0.05) is 19.6 Å². The highest BCUT2D eigenvalue weighted by Crippen LogP contribution is 2.32. The van der Waals surface area contributed by atoms with Crippen LogP contribution in [0.25, 0.3) is 0 Å². The van der Waals surface area contributed by atoms with Gasteiger partial charge in [-0.1, -0.05) is 53.7 Å². The number of nitrogens with one attached hydrogen (secondary N) is 1. The number of hydrogen-bond donors (Lipinski definition) is 1. The first-order chi connectivity index (χ1) is 15.4. The molecule has 1 amide bonds. The summed E-state index contributed by atoms with van der Waals surface area (Å²) in [5.41, 5.74) is 0.707. The Balaban J connectivity index is 1.29. The maximum absolute atomic E-state index is 13.2. The van der Waals surface area contributed by atoms with E-state index < -0.39 is 11.7 Å². The van der Waals surface area contributed by atoms with E-state index in [1.54, 1.807) is 0 Å². The zero-order valence-corrected chi connectivity index (χ0v) is 17.4. The van der Waals surface area contributed by atoms with Gasteiger partial charge >= 0.3 is 6.18 Å². The van der Waals surface area contributed by atoms with Crippen molar-refractivity contribution in [3.63, 3.8) is 0 Å². The molecular formula is C23H24F3N5O. The summed E-state index contributed by atoms with van der Waals surface area (Å²) < 4.78 is 40.8. The molecule has 4 rings (SSSR count). The van der Waals surface area contributed by atoms with E-state index >= 15 is 0 Å². The fourth-order valence-electron chi connectivity index (χ4n) is 3.98. The van der Waals surface area contributed by atoms with Crippen molar-refractivity contribution < 1.29 is 18.0 Å². The minimum Gasteiger partial charge on any atom is -0.350 e. The first kappa shape index (κ1) is 22.0. The number of carbonyl (C=O) groups is 1. The zero-order chi connectivity index (χ0) is 22.6. The molecule has 0 spiro atoms. The summed E-state index contributed by atoms with van der Waals surface area (Å²) in [6.07, 6.45) is -2.08. The van der Waals surface area contributed by atoms with Crippen molar-refractivity contribution >= 4 is 5.91 Å². The standard InChI is InChI=1S/C23H24F3N5O/c24-23(25,26)20-9-5-4-8-19(20)15-31-16-21(28-29-31)22(32)27-12-18-10-11-30(14-18)13-17-6-2-1-3-7-17/h1-9,16,18H,10-15H2,(H,27,32)/t18-/m0/s1. The van der Waals surface area contributed by atoms with Crippen LogP contribution >= 0.6 is 0 Å². The fraction of sp³-hybridized carbons (Fsp3) is 0.348. The molecule has 2 aromatic carbocycles. The van der Waals surface area contributed by atoms with E-state index in [0.29, 0.717) is 12.5 Å². The van der Waals surface area contributed by atoms with Gasteiger partial charge in [-0.15, -0.1) is 5.10 Å². The van der Waals surface area contributed by atoms with Crippen LogP contribution in [-0.4, -0.2) is 45.4 Å². The number of amides is 1. The Morgan fingerprint density at radius 3 is 2.59 bits per heavy atom. The molecule has 0 saturated carbocycles. The van der Waals surface area contributed by atoms with Crippen LogP contribution in [0.15, 0.2) is 60.8 Å². The number of benzene rings is 2. The van der Waals surface area contributed by atoms with E-state index in [1.807, 2.05) is 18.2 Å². The molecule has 0 bridgehead atoms. The lowest BCUT2D eigenvalue weighted by molar-refractivity contribution is -0.138. The Kier molecular flexibility index (Phi) is 6.55. The van der Waals surface area contributed by atoms with Crippen LogP contribution in [-0.2, 0) is 19.3 Å². The smallest absolute Gasteiger partial charge is 0.350 e. The summed E-state index contributed by atoms with van der Waals surface area (Å²) in [6.45, 7) is 3.17. The minimum atomic E-state index is -4.45. The molecule has 3 aromatic rings. The topological polar surface area (TPSA) is 63.1 Å². The highest BCUT2D eigenvalue weighted by Gasteiger charge is 2.33. The minimum absolute atomic E-state index is 0.0707. The average molecular weight is 443 g/mol. The number of carbonyl (C=O) groups excluding carboxylic acids is 1. The molecule has 6 nitrogen and oxygen atoms in total. The van der Waals surface area contributed by atoms with Gasteiger partial charge in [0.2, 0.25) is 0 Å². The van der Waals surface area contributed by atoms with Crippen LogP contribution in [0.5, 0.6) is 0 Å². The molecule has 1 saturated heterocycles. The second-order valence-electron chi connectivity index (χ2n) is 8.04. The number of likely N-dealkylation sites (tertiary alicyclic amines) is 1. The molecule has 1 aliphatic rings. The first-order valence-electron chi connectivity index (χ1n) is 10.5. The molecule has 9 heteroatoms. The molecule has 2 heterocycles. The number of hydrogen-bond acceptors (Lipinski definition) is 4. The van der Waals surface area contributed by atoms with Crippen molar-refractivity contribution in [2.24, 2.45) is 5.92 Å². The van der Waals surface area contributed by atoms with Crippen molar-refractivity contribution in [2.45, 2.75) is 25.7 Å². The Labute approximate surface area is 184 Å².